The Kier molecular flexibility index (Phi) is 3.41. The Morgan fingerprint density at radius 1 is 1.43 bits per heavy atom. The molecule has 0 radical (unpaired) electrons. The SMILES string of the molecule is Cc1cc(CC(C)N)nc(N(C)C)n1. The van der Waals surface area contributed by atoms with E-state index in [1.807, 2.05) is 38.9 Å². The van der Waals surface area contributed by atoms with E-state index in [-0.39, 0.29) is 6.04 Å². The van der Waals surface area contributed by atoms with Crippen LogP contribution in [-0.2, 0) is 6.42 Å². The molecule has 1 heterocycles. The van der Waals surface area contributed by atoms with Gasteiger partial charge in [-0.2, -0.15) is 0 Å². The summed E-state index contributed by atoms with van der Waals surface area (Å²) in [6.45, 7) is 3.95. The summed E-state index contributed by atoms with van der Waals surface area (Å²) in [5.74, 6) is 0.751. The molecular formula is C10H18N4. The molecule has 0 amide bonds. The third-order valence-corrected chi connectivity index (χ3v) is 1.83. The van der Waals surface area contributed by atoms with Gasteiger partial charge < -0.3 is 10.6 Å². The lowest BCUT2D eigenvalue weighted by Gasteiger charge is -2.13. The summed E-state index contributed by atoms with van der Waals surface area (Å²) in [6, 6.07) is 2.12. The number of aromatic nitrogens is 2. The summed E-state index contributed by atoms with van der Waals surface area (Å²) in [5, 5.41) is 0. The van der Waals surface area contributed by atoms with Crippen LogP contribution in [0.1, 0.15) is 18.3 Å². The Bertz CT molecular complexity index is 307. The molecule has 2 N–H and O–H groups in total. The minimum atomic E-state index is 0.138. The first-order chi connectivity index (χ1) is 6.49. The molecule has 4 heteroatoms. The van der Waals surface area contributed by atoms with Crippen LogP contribution in [0.25, 0.3) is 0 Å². The fourth-order valence-electron chi connectivity index (χ4n) is 1.25. The summed E-state index contributed by atoms with van der Waals surface area (Å²) < 4.78 is 0. The number of hydrogen-bond donors (Lipinski definition) is 1. The fourth-order valence-corrected chi connectivity index (χ4v) is 1.25. The molecule has 1 unspecified atom stereocenters. The molecule has 0 aliphatic rings. The van der Waals surface area contributed by atoms with Crippen LogP contribution in [0.15, 0.2) is 6.07 Å². The van der Waals surface area contributed by atoms with Gasteiger partial charge in [-0.25, -0.2) is 9.97 Å². The van der Waals surface area contributed by atoms with Gasteiger partial charge in [0, 0.05) is 37.9 Å². The van der Waals surface area contributed by atoms with E-state index in [4.69, 9.17) is 5.73 Å². The zero-order chi connectivity index (χ0) is 10.7. The highest BCUT2D eigenvalue weighted by atomic mass is 15.2. The van der Waals surface area contributed by atoms with E-state index in [2.05, 4.69) is 9.97 Å². The van der Waals surface area contributed by atoms with Crippen molar-refractivity contribution < 1.29 is 0 Å². The Hall–Kier alpha value is -1.16. The van der Waals surface area contributed by atoms with Crippen LogP contribution in [0, 0.1) is 6.92 Å². The van der Waals surface area contributed by atoms with E-state index in [0.29, 0.717) is 0 Å². The van der Waals surface area contributed by atoms with Gasteiger partial charge in [0.1, 0.15) is 0 Å². The van der Waals surface area contributed by atoms with Crippen molar-refractivity contribution in [2.75, 3.05) is 19.0 Å². The summed E-state index contributed by atoms with van der Waals surface area (Å²) >= 11 is 0. The number of rotatable bonds is 3. The van der Waals surface area contributed by atoms with Gasteiger partial charge in [-0.3, -0.25) is 0 Å². The molecule has 14 heavy (non-hydrogen) atoms. The Morgan fingerprint density at radius 2 is 2.07 bits per heavy atom. The van der Waals surface area contributed by atoms with E-state index in [9.17, 15) is 0 Å². The van der Waals surface area contributed by atoms with Crippen LogP contribution < -0.4 is 10.6 Å². The van der Waals surface area contributed by atoms with Gasteiger partial charge in [0.15, 0.2) is 0 Å². The Balaban J connectivity index is 2.95. The highest BCUT2D eigenvalue weighted by molar-refractivity contribution is 5.30. The van der Waals surface area contributed by atoms with E-state index in [0.717, 1.165) is 23.8 Å². The summed E-state index contributed by atoms with van der Waals surface area (Å²) in [4.78, 5) is 10.6. The monoisotopic (exact) mass is 194 g/mol. The molecule has 0 fully saturated rings. The lowest BCUT2D eigenvalue weighted by atomic mass is 10.2. The molecule has 1 rings (SSSR count). The van der Waals surface area contributed by atoms with Crippen molar-refractivity contribution in [3.63, 3.8) is 0 Å². The molecule has 0 bridgehead atoms. The second kappa shape index (κ2) is 4.37. The molecule has 1 aromatic rings. The molecule has 1 aromatic heterocycles. The molecule has 0 aliphatic heterocycles. The molecule has 0 saturated heterocycles. The number of nitrogens with zero attached hydrogens (tertiary/aromatic N) is 3. The second-order valence-electron chi connectivity index (χ2n) is 3.88. The number of aryl methyl sites for hydroxylation is 1. The van der Waals surface area contributed by atoms with Crippen molar-refractivity contribution in [2.45, 2.75) is 26.3 Å². The van der Waals surface area contributed by atoms with Gasteiger partial charge in [-0.15, -0.1) is 0 Å². The van der Waals surface area contributed by atoms with Gasteiger partial charge in [0.2, 0.25) is 5.95 Å². The van der Waals surface area contributed by atoms with Crippen molar-refractivity contribution in [1.29, 1.82) is 0 Å². The number of anilines is 1. The van der Waals surface area contributed by atoms with Crippen molar-refractivity contribution in [3.8, 4) is 0 Å². The van der Waals surface area contributed by atoms with E-state index in [1.54, 1.807) is 0 Å². The van der Waals surface area contributed by atoms with Crippen LogP contribution in [0.4, 0.5) is 5.95 Å². The highest BCUT2D eigenvalue weighted by Gasteiger charge is 2.05. The minimum Gasteiger partial charge on any atom is -0.347 e. The predicted octanol–water partition coefficient (Wildman–Crippen LogP) is 0.741. The third kappa shape index (κ3) is 2.96. The first kappa shape index (κ1) is 10.9. The summed E-state index contributed by atoms with van der Waals surface area (Å²) in [5.41, 5.74) is 7.72. The van der Waals surface area contributed by atoms with E-state index < -0.39 is 0 Å². The molecule has 0 aromatic carbocycles. The minimum absolute atomic E-state index is 0.138. The molecule has 1 atom stereocenters. The zero-order valence-corrected chi connectivity index (χ0v) is 9.28. The molecule has 0 spiro atoms. The second-order valence-corrected chi connectivity index (χ2v) is 3.88. The van der Waals surface area contributed by atoms with Gasteiger partial charge >= 0.3 is 0 Å². The van der Waals surface area contributed by atoms with Crippen LogP contribution in [-0.4, -0.2) is 30.1 Å². The number of hydrogen-bond acceptors (Lipinski definition) is 4. The lowest BCUT2D eigenvalue weighted by molar-refractivity contribution is 0.717. The molecular weight excluding hydrogens is 176 g/mol. The van der Waals surface area contributed by atoms with Crippen LogP contribution >= 0.6 is 0 Å². The Morgan fingerprint density at radius 3 is 2.57 bits per heavy atom. The van der Waals surface area contributed by atoms with Gasteiger partial charge in [-0.05, 0) is 19.9 Å². The maximum Gasteiger partial charge on any atom is 0.225 e. The van der Waals surface area contributed by atoms with Crippen LogP contribution in [0.3, 0.4) is 0 Å². The first-order valence-corrected chi connectivity index (χ1v) is 4.76. The number of nitrogens with two attached hydrogens (primary N) is 1. The maximum absolute atomic E-state index is 5.73. The van der Waals surface area contributed by atoms with Crippen LogP contribution in [0.5, 0.6) is 0 Å². The topological polar surface area (TPSA) is 55.0 Å². The Labute approximate surface area is 85.2 Å². The average Bonchev–Trinajstić information content (AvgIpc) is 2.01. The largest absolute Gasteiger partial charge is 0.347 e. The van der Waals surface area contributed by atoms with Gasteiger partial charge in [0.25, 0.3) is 0 Å². The van der Waals surface area contributed by atoms with Gasteiger partial charge in [0.05, 0.1) is 0 Å². The van der Waals surface area contributed by atoms with Crippen molar-refractivity contribution in [3.05, 3.63) is 17.5 Å². The third-order valence-electron chi connectivity index (χ3n) is 1.83. The molecule has 0 aliphatic carbocycles. The first-order valence-electron chi connectivity index (χ1n) is 4.76. The van der Waals surface area contributed by atoms with Crippen molar-refractivity contribution in [1.82, 2.24) is 9.97 Å². The smallest absolute Gasteiger partial charge is 0.225 e. The predicted molar refractivity (Wildman–Crippen MR) is 58.4 cm³/mol. The standard InChI is InChI=1S/C10H18N4/c1-7(11)5-9-6-8(2)12-10(13-9)14(3)4/h6-7H,5,11H2,1-4H3. The highest BCUT2D eigenvalue weighted by Crippen LogP contribution is 2.08. The maximum atomic E-state index is 5.73. The van der Waals surface area contributed by atoms with Crippen molar-refractivity contribution in [2.24, 2.45) is 5.73 Å². The molecule has 0 saturated carbocycles. The quantitative estimate of drug-likeness (QED) is 0.771. The van der Waals surface area contributed by atoms with Crippen molar-refractivity contribution >= 4 is 5.95 Å². The average molecular weight is 194 g/mol. The fraction of sp³-hybridized carbons (Fsp3) is 0.600. The summed E-state index contributed by atoms with van der Waals surface area (Å²) in [6.07, 6.45) is 0.796. The molecule has 4 nitrogen and oxygen atoms in total. The zero-order valence-electron chi connectivity index (χ0n) is 9.28. The van der Waals surface area contributed by atoms with Gasteiger partial charge in [-0.1, -0.05) is 0 Å². The summed E-state index contributed by atoms with van der Waals surface area (Å²) in [7, 11) is 3.87. The normalized spacial score (nSPS) is 12.6. The lowest BCUT2D eigenvalue weighted by Crippen LogP contribution is -2.20. The van der Waals surface area contributed by atoms with E-state index >= 15 is 0 Å². The molecule has 78 valence electrons. The van der Waals surface area contributed by atoms with Crippen LogP contribution in [0.2, 0.25) is 0 Å². The van der Waals surface area contributed by atoms with E-state index in [1.165, 1.54) is 0 Å².